The Morgan fingerprint density at radius 3 is 2.83 bits per heavy atom. The Morgan fingerprint density at radius 1 is 1.42 bits per heavy atom. The maximum atomic E-state index is 5.27. The fourth-order valence-corrected chi connectivity index (χ4v) is 1.44. The summed E-state index contributed by atoms with van der Waals surface area (Å²) in [7, 11) is 0. The summed E-state index contributed by atoms with van der Waals surface area (Å²) in [4.78, 5) is 0. The topological polar surface area (TPSA) is 24.6 Å². The van der Waals surface area contributed by atoms with E-state index in [1.807, 2.05) is 13.0 Å². The highest BCUT2D eigenvalue weighted by molar-refractivity contribution is 5.73. The minimum Gasteiger partial charge on any atom is -0.449 e. The molecule has 0 fully saturated rings. The average molecular weight is 161 g/mol. The predicted molar refractivity (Wildman–Crippen MR) is 48.5 cm³/mol. The summed E-state index contributed by atoms with van der Waals surface area (Å²) in [6.07, 6.45) is 0. The van der Waals surface area contributed by atoms with Crippen molar-refractivity contribution in [1.82, 2.24) is 0 Å². The summed E-state index contributed by atoms with van der Waals surface area (Å²) >= 11 is 0. The van der Waals surface area contributed by atoms with E-state index in [0.717, 1.165) is 17.2 Å². The van der Waals surface area contributed by atoms with Crippen molar-refractivity contribution in [2.45, 2.75) is 20.8 Å². The maximum absolute atomic E-state index is 5.27. The zero-order valence-corrected chi connectivity index (χ0v) is 7.49. The van der Waals surface area contributed by atoms with Crippen molar-refractivity contribution < 1.29 is 4.74 Å². The first-order valence-corrected chi connectivity index (χ1v) is 3.99. The van der Waals surface area contributed by atoms with Crippen LogP contribution in [0.5, 0.6) is 11.5 Å². The molecule has 0 bridgehead atoms. The largest absolute Gasteiger partial charge is 0.449 e. The van der Waals surface area contributed by atoms with E-state index in [2.05, 4.69) is 25.7 Å². The first-order valence-electron chi connectivity index (χ1n) is 3.99. The lowest BCUT2D eigenvalue weighted by Crippen LogP contribution is -1.94. The van der Waals surface area contributed by atoms with Gasteiger partial charge in [-0.25, -0.2) is 0 Å². The van der Waals surface area contributed by atoms with Crippen LogP contribution >= 0.6 is 0 Å². The molecule has 1 aliphatic rings. The molecule has 2 nitrogen and oxygen atoms in total. The molecule has 0 aromatic heterocycles. The van der Waals surface area contributed by atoms with Crippen LogP contribution in [0.2, 0.25) is 0 Å². The number of anilines is 1. The summed E-state index contributed by atoms with van der Waals surface area (Å²) in [5, 5.41) is 3.09. The van der Waals surface area contributed by atoms with E-state index in [4.69, 9.17) is 4.74 Å². The second kappa shape index (κ2) is 2.41. The zero-order valence-electron chi connectivity index (χ0n) is 7.49. The molecule has 0 saturated carbocycles. The van der Waals surface area contributed by atoms with E-state index in [1.54, 1.807) is 0 Å². The Balaban J connectivity index is 2.46. The fourth-order valence-electron chi connectivity index (χ4n) is 1.44. The number of hydrogen-bond acceptors (Lipinski definition) is 2. The molecule has 1 aliphatic heterocycles. The van der Waals surface area contributed by atoms with Gasteiger partial charge in [0.25, 0.3) is 0 Å². The van der Waals surface area contributed by atoms with Crippen LogP contribution in [0.25, 0.3) is 0 Å². The first-order chi connectivity index (χ1) is 5.74. The number of aryl methyl sites for hydroxylation is 1. The van der Waals surface area contributed by atoms with Gasteiger partial charge in [-0.15, -0.1) is 0 Å². The summed E-state index contributed by atoms with van der Waals surface area (Å²) in [6.45, 7) is 8.88. The van der Waals surface area contributed by atoms with Gasteiger partial charge in [0.05, 0.1) is 6.54 Å². The quantitative estimate of drug-likeness (QED) is 0.541. The van der Waals surface area contributed by atoms with Gasteiger partial charge in [0.1, 0.15) is 0 Å². The minimum absolute atomic E-state index is 1.02. The number of benzene rings is 1. The predicted octanol–water partition coefficient (Wildman–Crippen LogP) is 2.88. The van der Waals surface area contributed by atoms with Crippen molar-refractivity contribution in [3.05, 3.63) is 23.7 Å². The number of rotatable bonds is 2. The maximum Gasteiger partial charge on any atom is 0.175 e. The smallest absolute Gasteiger partial charge is 0.175 e. The number of hydrogen-bond donors (Lipinski definition) is 1. The Morgan fingerprint density at radius 2 is 2.17 bits per heavy atom. The normalized spacial score (nSPS) is 11.9. The van der Waals surface area contributed by atoms with Gasteiger partial charge in [0.2, 0.25) is 0 Å². The van der Waals surface area contributed by atoms with E-state index in [-0.39, 0.29) is 0 Å². The monoisotopic (exact) mass is 161 g/mol. The molecular weight excluding hydrogens is 150 g/mol. The Labute approximate surface area is 72.5 Å². The molecular formula is C10H11NO. The standard InChI is InChI=1S/C10H11NO/c1-4-11-9-6(2)5-8-10(12-8)7(9)3/h5,11H,1-3H3. The van der Waals surface area contributed by atoms with Gasteiger partial charge in [0, 0.05) is 11.3 Å². The van der Waals surface area contributed by atoms with Crippen molar-refractivity contribution in [3.63, 3.8) is 0 Å². The van der Waals surface area contributed by atoms with Crippen LogP contribution < -0.4 is 10.1 Å². The average Bonchev–Trinajstić information content (AvgIpc) is 2.76. The van der Waals surface area contributed by atoms with Gasteiger partial charge in [0.15, 0.2) is 11.5 Å². The van der Waals surface area contributed by atoms with Gasteiger partial charge in [-0.1, -0.05) is 0 Å². The number of ether oxygens (including phenoxy) is 1. The molecule has 0 amide bonds. The van der Waals surface area contributed by atoms with Crippen LogP contribution in [0.3, 0.4) is 0 Å². The molecule has 0 spiro atoms. The summed E-state index contributed by atoms with van der Waals surface area (Å²) in [5.74, 6) is 2.05. The van der Waals surface area contributed by atoms with Crippen molar-refractivity contribution in [1.29, 1.82) is 0 Å². The van der Waals surface area contributed by atoms with Crippen molar-refractivity contribution >= 4 is 5.69 Å². The Hall–Kier alpha value is -1.18. The highest BCUT2D eigenvalue weighted by Crippen LogP contribution is 2.51. The molecule has 1 heterocycles. The van der Waals surface area contributed by atoms with Gasteiger partial charge < -0.3 is 10.1 Å². The SMILES string of the molecule is C[C]Nc1c(C)cc2c(c1C)O2. The van der Waals surface area contributed by atoms with Crippen LogP contribution in [0.4, 0.5) is 5.69 Å². The summed E-state index contributed by atoms with van der Waals surface area (Å²) in [5.41, 5.74) is 3.51. The lowest BCUT2D eigenvalue weighted by molar-refractivity contribution is 0.646. The number of fused-ring (bicyclic) bond motifs is 1. The number of nitrogens with one attached hydrogen (secondary N) is 1. The molecule has 1 aromatic carbocycles. The van der Waals surface area contributed by atoms with Crippen LogP contribution in [0, 0.1) is 20.4 Å². The molecule has 1 aromatic rings. The van der Waals surface area contributed by atoms with Crippen LogP contribution in [-0.4, -0.2) is 0 Å². The van der Waals surface area contributed by atoms with Crippen molar-refractivity contribution in [2.24, 2.45) is 0 Å². The van der Waals surface area contributed by atoms with Gasteiger partial charge in [-0.2, -0.15) is 0 Å². The van der Waals surface area contributed by atoms with Gasteiger partial charge >= 0.3 is 0 Å². The van der Waals surface area contributed by atoms with Crippen LogP contribution in [0.1, 0.15) is 18.1 Å². The summed E-state index contributed by atoms with van der Waals surface area (Å²) in [6, 6.07) is 2.04. The van der Waals surface area contributed by atoms with Crippen molar-refractivity contribution in [3.8, 4) is 11.5 Å². The molecule has 2 heteroatoms. The minimum atomic E-state index is 1.02. The molecule has 0 atom stereocenters. The van der Waals surface area contributed by atoms with E-state index in [0.29, 0.717) is 0 Å². The lowest BCUT2D eigenvalue weighted by atomic mass is 10.1. The molecule has 1 N–H and O–H groups in total. The van der Waals surface area contributed by atoms with Crippen molar-refractivity contribution in [2.75, 3.05) is 5.32 Å². The molecule has 0 aliphatic carbocycles. The van der Waals surface area contributed by atoms with Crippen LogP contribution in [-0.2, 0) is 0 Å². The Bertz CT molecular complexity index is 331. The first kappa shape index (κ1) is 7.47. The van der Waals surface area contributed by atoms with E-state index < -0.39 is 0 Å². The van der Waals surface area contributed by atoms with E-state index >= 15 is 0 Å². The molecule has 12 heavy (non-hydrogen) atoms. The molecule has 2 radical (unpaired) electrons. The van der Waals surface area contributed by atoms with E-state index in [9.17, 15) is 0 Å². The third kappa shape index (κ3) is 0.951. The molecule has 0 unspecified atom stereocenters. The Kier molecular flexibility index (Phi) is 1.50. The highest BCUT2D eigenvalue weighted by atomic mass is 16.6. The molecule has 2 rings (SSSR count). The second-order valence-corrected chi connectivity index (χ2v) is 3.00. The zero-order chi connectivity index (χ0) is 8.72. The third-order valence-corrected chi connectivity index (χ3v) is 2.10. The van der Waals surface area contributed by atoms with Gasteiger partial charge in [-0.05, 0) is 32.4 Å². The van der Waals surface area contributed by atoms with Gasteiger partial charge in [-0.3, -0.25) is 0 Å². The molecule has 0 saturated heterocycles. The second-order valence-electron chi connectivity index (χ2n) is 3.00. The summed E-state index contributed by atoms with van der Waals surface area (Å²) < 4.78 is 5.27. The highest BCUT2D eigenvalue weighted by Gasteiger charge is 2.25. The molecule has 62 valence electrons. The fraction of sp³-hybridized carbons (Fsp3) is 0.300. The van der Waals surface area contributed by atoms with Crippen LogP contribution in [0.15, 0.2) is 6.07 Å². The van der Waals surface area contributed by atoms with E-state index in [1.165, 1.54) is 11.1 Å². The lowest BCUT2D eigenvalue weighted by Gasteiger charge is -2.06. The third-order valence-electron chi connectivity index (χ3n) is 2.10.